The molecule has 0 aromatic carbocycles. The number of hydrogen-bond acceptors (Lipinski definition) is 6. The van der Waals surface area contributed by atoms with Crippen molar-refractivity contribution in [3.63, 3.8) is 0 Å². The lowest BCUT2D eigenvalue weighted by Gasteiger charge is -2.19. The molecule has 2 aromatic heterocycles. The molecule has 0 bridgehead atoms. The van der Waals surface area contributed by atoms with Gasteiger partial charge in [0.15, 0.2) is 0 Å². The molecule has 0 amide bonds. The van der Waals surface area contributed by atoms with E-state index in [9.17, 15) is 9.90 Å². The van der Waals surface area contributed by atoms with E-state index in [1.165, 1.54) is 9.44 Å². The Morgan fingerprint density at radius 2 is 2.21 bits per heavy atom. The molecule has 3 rings (SSSR count). The summed E-state index contributed by atoms with van der Waals surface area (Å²) in [5.74, 6) is 1.28. The molecule has 2 heterocycles. The average molecular weight is 351 g/mol. The van der Waals surface area contributed by atoms with Crippen molar-refractivity contribution < 1.29 is 10.2 Å². The molecule has 0 aliphatic heterocycles. The van der Waals surface area contributed by atoms with Gasteiger partial charge >= 0.3 is 0 Å². The van der Waals surface area contributed by atoms with Crippen LogP contribution in [0, 0.1) is 5.92 Å². The summed E-state index contributed by atoms with van der Waals surface area (Å²) in [5.41, 5.74) is 1.06. The molecule has 0 saturated heterocycles. The Bertz CT molecular complexity index is 796. The number of aliphatic hydroxyl groups excluding tert-OH is 2. The van der Waals surface area contributed by atoms with Crippen molar-refractivity contribution in [2.45, 2.75) is 45.4 Å². The first-order chi connectivity index (χ1) is 11.4. The molecule has 2 aromatic rings. The van der Waals surface area contributed by atoms with Crippen LogP contribution < -0.4 is 5.56 Å². The van der Waals surface area contributed by atoms with E-state index in [-0.39, 0.29) is 18.7 Å². The molecule has 2 unspecified atom stereocenters. The minimum absolute atomic E-state index is 0.0719. The number of aliphatic hydroxyl groups is 2. The Labute approximate surface area is 145 Å². The topological polar surface area (TPSA) is 78.6 Å². The zero-order chi connectivity index (χ0) is 17.4. The smallest absolute Gasteiger partial charge is 0.262 e. The largest absolute Gasteiger partial charge is 0.394 e. The van der Waals surface area contributed by atoms with Crippen molar-refractivity contribution in [3.8, 4) is 0 Å². The first kappa shape index (κ1) is 17.5. The van der Waals surface area contributed by atoms with E-state index in [1.54, 1.807) is 11.3 Å². The zero-order valence-corrected chi connectivity index (χ0v) is 15.3. The standard InChI is InChI=1S/C17H25N3O3S/c1-10-4-5-12-13(6-10)24-16-15(12)17(23)20(7-11(22)9-21)14(18-16)8-19(2)3/h10-11,21-22H,4-9H2,1-3H3. The van der Waals surface area contributed by atoms with Gasteiger partial charge in [-0.05, 0) is 44.8 Å². The van der Waals surface area contributed by atoms with Crippen LogP contribution in [0.5, 0.6) is 0 Å². The second-order valence-corrected chi connectivity index (χ2v) is 8.13. The van der Waals surface area contributed by atoms with E-state index < -0.39 is 6.10 Å². The number of thiophene rings is 1. The number of nitrogens with zero attached hydrogens (tertiary/aromatic N) is 3. The number of rotatable bonds is 5. The van der Waals surface area contributed by atoms with E-state index in [0.717, 1.165) is 35.0 Å². The highest BCUT2D eigenvalue weighted by Crippen LogP contribution is 2.35. The van der Waals surface area contributed by atoms with Gasteiger partial charge in [-0.25, -0.2) is 4.98 Å². The summed E-state index contributed by atoms with van der Waals surface area (Å²) >= 11 is 1.64. The van der Waals surface area contributed by atoms with Crippen LogP contribution in [0.1, 0.15) is 29.6 Å². The third kappa shape index (κ3) is 3.26. The van der Waals surface area contributed by atoms with Gasteiger partial charge in [-0.2, -0.15) is 0 Å². The molecule has 0 radical (unpaired) electrons. The van der Waals surface area contributed by atoms with Gasteiger partial charge < -0.3 is 15.1 Å². The fraction of sp³-hybridized carbons (Fsp3) is 0.647. The molecule has 1 aliphatic carbocycles. The number of aromatic nitrogens is 2. The van der Waals surface area contributed by atoms with Crippen LogP contribution in [-0.4, -0.2) is 51.5 Å². The minimum atomic E-state index is -0.961. The van der Waals surface area contributed by atoms with Crippen molar-refractivity contribution in [1.29, 1.82) is 0 Å². The molecule has 2 atom stereocenters. The average Bonchev–Trinajstić information content (AvgIpc) is 2.87. The van der Waals surface area contributed by atoms with Crippen molar-refractivity contribution in [1.82, 2.24) is 14.5 Å². The Morgan fingerprint density at radius 1 is 1.46 bits per heavy atom. The molecule has 1 aliphatic rings. The first-order valence-corrected chi connectivity index (χ1v) is 9.20. The predicted molar refractivity (Wildman–Crippen MR) is 95.6 cm³/mol. The summed E-state index contributed by atoms with van der Waals surface area (Å²) in [7, 11) is 3.84. The summed E-state index contributed by atoms with van der Waals surface area (Å²) < 4.78 is 1.54. The molecular weight excluding hydrogens is 326 g/mol. The molecule has 0 fully saturated rings. The minimum Gasteiger partial charge on any atom is -0.394 e. The van der Waals surface area contributed by atoms with E-state index >= 15 is 0 Å². The number of aryl methyl sites for hydroxylation is 1. The quantitative estimate of drug-likeness (QED) is 0.840. The molecule has 0 saturated carbocycles. The Hall–Kier alpha value is -1.28. The lowest BCUT2D eigenvalue weighted by Crippen LogP contribution is -2.33. The van der Waals surface area contributed by atoms with Crippen molar-refractivity contribution in [2.75, 3.05) is 20.7 Å². The SMILES string of the molecule is CC1CCc2c(sc3nc(CN(C)C)n(CC(O)CO)c(=O)c23)C1. The maximum atomic E-state index is 13.1. The lowest BCUT2D eigenvalue weighted by atomic mass is 9.89. The van der Waals surface area contributed by atoms with Gasteiger partial charge in [0.2, 0.25) is 0 Å². The highest BCUT2D eigenvalue weighted by molar-refractivity contribution is 7.18. The van der Waals surface area contributed by atoms with E-state index in [2.05, 4.69) is 6.92 Å². The summed E-state index contributed by atoms with van der Waals surface area (Å²) in [5, 5.41) is 19.7. The Morgan fingerprint density at radius 3 is 2.88 bits per heavy atom. The Balaban J connectivity index is 2.18. The normalized spacial score (nSPS) is 19.0. The van der Waals surface area contributed by atoms with Crippen LogP contribution in [0.4, 0.5) is 0 Å². The monoisotopic (exact) mass is 351 g/mol. The van der Waals surface area contributed by atoms with Crippen LogP contribution in [0.15, 0.2) is 4.79 Å². The van der Waals surface area contributed by atoms with E-state index in [0.29, 0.717) is 18.3 Å². The van der Waals surface area contributed by atoms with E-state index in [4.69, 9.17) is 10.1 Å². The van der Waals surface area contributed by atoms with Gasteiger partial charge in [0, 0.05) is 4.88 Å². The van der Waals surface area contributed by atoms with Crippen LogP contribution in [0.2, 0.25) is 0 Å². The fourth-order valence-electron chi connectivity index (χ4n) is 3.33. The highest BCUT2D eigenvalue weighted by atomic mass is 32.1. The third-order valence-corrected chi connectivity index (χ3v) is 5.70. The van der Waals surface area contributed by atoms with Crippen molar-refractivity contribution in [3.05, 3.63) is 26.6 Å². The first-order valence-electron chi connectivity index (χ1n) is 8.38. The van der Waals surface area contributed by atoms with Gasteiger partial charge in [-0.3, -0.25) is 9.36 Å². The third-order valence-electron chi connectivity index (χ3n) is 4.56. The van der Waals surface area contributed by atoms with Gasteiger partial charge in [0.05, 0.1) is 31.2 Å². The molecule has 7 heteroatoms. The second kappa shape index (κ2) is 6.92. The van der Waals surface area contributed by atoms with E-state index in [1.807, 2.05) is 19.0 Å². The molecule has 2 N–H and O–H groups in total. The second-order valence-electron chi connectivity index (χ2n) is 7.05. The summed E-state index contributed by atoms with van der Waals surface area (Å²) in [6.07, 6.45) is 2.07. The summed E-state index contributed by atoms with van der Waals surface area (Å²) in [6, 6.07) is 0. The van der Waals surface area contributed by atoms with Gasteiger partial charge in [-0.1, -0.05) is 6.92 Å². The molecule has 132 valence electrons. The van der Waals surface area contributed by atoms with Crippen LogP contribution in [0.25, 0.3) is 10.2 Å². The summed E-state index contributed by atoms with van der Waals surface area (Å²) in [4.78, 5) is 21.9. The number of hydrogen-bond donors (Lipinski definition) is 2. The molecule has 6 nitrogen and oxygen atoms in total. The highest BCUT2D eigenvalue weighted by Gasteiger charge is 2.25. The Kier molecular flexibility index (Phi) is 5.05. The van der Waals surface area contributed by atoms with Crippen molar-refractivity contribution in [2.24, 2.45) is 5.92 Å². The number of fused-ring (bicyclic) bond motifs is 3. The van der Waals surface area contributed by atoms with Gasteiger partial charge in [0.25, 0.3) is 5.56 Å². The fourth-order valence-corrected chi connectivity index (χ4v) is 4.72. The molecule has 0 spiro atoms. The molecular formula is C17H25N3O3S. The van der Waals surface area contributed by atoms with Gasteiger partial charge in [0.1, 0.15) is 10.7 Å². The maximum Gasteiger partial charge on any atom is 0.262 e. The lowest BCUT2D eigenvalue weighted by molar-refractivity contribution is 0.0790. The summed E-state index contributed by atoms with van der Waals surface area (Å²) in [6.45, 7) is 2.46. The van der Waals surface area contributed by atoms with Crippen LogP contribution in [0.3, 0.4) is 0 Å². The zero-order valence-electron chi connectivity index (χ0n) is 14.4. The maximum absolute atomic E-state index is 13.1. The van der Waals surface area contributed by atoms with Gasteiger partial charge in [-0.15, -0.1) is 11.3 Å². The van der Waals surface area contributed by atoms with Crippen LogP contribution >= 0.6 is 11.3 Å². The van der Waals surface area contributed by atoms with Crippen molar-refractivity contribution >= 4 is 21.6 Å². The molecule has 24 heavy (non-hydrogen) atoms. The predicted octanol–water partition coefficient (Wildman–Crippen LogP) is 0.998. The van der Waals surface area contributed by atoms with Crippen LogP contribution in [-0.2, 0) is 25.9 Å².